The van der Waals surface area contributed by atoms with Crippen molar-refractivity contribution in [2.45, 2.75) is 6.92 Å². The lowest BCUT2D eigenvalue weighted by atomic mass is 10.1. The maximum atomic E-state index is 6.29. The van der Waals surface area contributed by atoms with E-state index >= 15 is 0 Å². The molecule has 0 amide bonds. The molecular weight excluding hydrogens is 350 g/mol. The summed E-state index contributed by atoms with van der Waals surface area (Å²) in [5, 5.41) is 12.4. The molecule has 0 aliphatic carbocycles. The Morgan fingerprint density at radius 1 is 1.08 bits per heavy atom. The van der Waals surface area contributed by atoms with Gasteiger partial charge in [0.05, 0.1) is 16.9 Å². The van der Waals surface area contributed by atoms with Gasteiger partial charge in [-0.3, -0.25) is 4.68 Å². The minimum absolute atomic E-state index is 0.584. The van der Waals surface area contributed by atoms with Crippen molar-refractivity contribution in [2.75, 3.05) is 5.32 Å². The highest BCUT2D eigenvalue weighted by Gasteiger charge is 2.08. The van der Waals surface area contributed by atoms with Crippen LogP contribution in [0.3, 0.4) is 0 Å². The molecule has 7 nitrogen and oxygen atoms in total. The fourth-order valence-electron chi connectivity index (χ4n) is 2.60. The molecule has 3 heterocycles. The first kappa shape index (κ1) is 16.3. The normalized spacial score (nSPS) is 10.9. The fourth-order valence-corrected chi connectivity index (χ4v) is 2.82. The van der Waals surface area contributed by atoms with Gasteiger partial charge < -0.3 is 5.32 Å². The van der Waals surface area contributed by atoms with Crippen LogP contribution in [0.2, 0.25) is 5.02 Å². The molecule has 0 aliphatic rings. The van der Waals surface area contributed by atoms with Crippen LogP contribution in [-0.2, 0) is 7.05 Å². The first-order valence-electron chi connectivity index (χ1n) is 7.99. The first-order valence-corrected chi connectivity index (χ1v) is 8.36. The Kier molecular flexibility index (Phi) is 4.14. The average Bonchev–Trinajstić information content (AvgIpc) is 3.26. The molecular formula is C18H16ClN7. The summed E-state index contributed by atoms with van der Waals surface area (Å²) in [4.78, 5) is 8.49. The average molecular weight is 366 g/mol. The molecule has 0 fully saturated rings. The van der Waals surface area contributed by atoms with Crippen LogP contribution in [0.15, 0.2) is 55.2 Å². The summed E-state index contributed by atoms with van der Waals surface area (Å²) >= 11 is 6.29. The van der Waals surface area contributed by atoms with Crippen molar-refractivity contribution in [3.63, 3.8) is 0 Å². The standard InChI is InChI=1S/C18H16ClN7/c1-12-21-11-26(24-12)15-5-3-14(4-6-15)23-18-7-16(17(19)9-20-18)13-8-22-25(2)10-13/h3-11H,1-2H3,(H,20,23). The van der Waals surface area contributed by atoms with Crippen LogP contribution in [0.5, 0.6) is 0 Å². The van der Waals surface area contributed by atoms with Gasteiger partial charge in [-0.05, 0) is 37.3 Å². The second-order valence-electron chi connectivity index (χ2n) is 5.86. The molecule has 0 spiro atoms. The molecule has 0 saturated heterocycles. The van der Waals surface area contributed by atoms with E-state index in [1.165, 1.54) is 0 Å². The van der Waals surface area contributed by atoms with E-state index in [9.17, 15) is 0 Å². The van der Waals surface area contributed by atoms with Crippen LogP contribution in [0.1, 0.15) is 5.82 Å². The van der Waals surface area contributed by atoms with E-state index in [1.54, 1.807) is 28.1 Å². The van der Waals surface area contributed by atoms with Crippen molar-refractivity contribution < 1.29 is 0 Å². The Morgan fingerprint density at radius 3 is 2.54 bits per heavy atom. The third kappa shape index (κ3) is 3.29. The van der Waals surface area contributed by atoms with E-state index in [0.29, 0.717) is 10.8 Å². The zero-order chi connectivity index (χ0) is 18.1. The van der Waals surface area contributed by atoms with Crippen LogP contribution in [-0.4, -0.2) is 29.5 Å². The smallest absolute Gasteiger partial charge is 0.147 e. The van der Waals surface area contributed by atoms with E-state index in [1.807, 2.05) is 50.5 Å². The maximum absolute atomic E-state index is 6.29. The van der Waals surface area contributed by atoms with Gasteiger partial charge in [0.25, 0.3) is 0 Å². The molecule has 1 aromatic carbocycles. The van der Waals surface area contributed by atoms with Crippen molar-refractivity contribution in [1.82, 2.24) is 29.5 Å². The molecule has 0 aliphatic heterocycles. The van der Waals surface area contributed by atoms with E-state index in [2.05, 4.69) is 25.5 Å². The Bertz CT molecular complexity index is 1050. The number of benzene rings is 1. The van der Waals surface area contributed by atoms with Crippen LogP contribution in [0, 0.1) is 6.92 Å². The van der Waals surface area contributed by atoms with Crippen LogP contribution in [0.4, 0.5) is 11.5 Å². The number of hydrogen-bond donors (Lipinski definition) is 1. The Morgan fingerprint density at radius 2 is 1.88 bits per heavy atom. The number of hydrogen-bond acceptors (Lipinski definition) is 5. The Labute approximate surface area is 155 Å². The molecule has 130 valence electrons. The van der Waals surface area contributed by atoms with Crippen molar-refractivity contribution in [2.24, 2.45) is 7.05 Å². The number of nitrogens with zero attached hydrogens (tertiary/aromatic N) is 6. The van der Waals surface area contributed by atoms with Crippen LogP contribution < -0.4 is 5.32 Å². The second kappa shape index (κ2) is 6.61. The third-order valence-electron chi connectivity index (χ3n) is 3.88. The van der Waals surface area contributed by atoms with Crippen molar-refractivity contribution in [1.29, 1.82) is 0 Å². The van der Waals surface area contributed by atoms with E-state index in [0.717, 1.165) is 28.3 Å². The number of pyridine rings is 1. The predicted molar refractivity (Wildman–Crippen MR) is 101 cm³/mol. The van der Waals surface area contributed by atoms with Gasteiger partial charge >= 0.3 is 0 Å². The molecule has 4 aromatic rings. The van der Waals surface area contributed by atoms with E-state index in [4.69, 9.17) is 11.6 Å². The molecule has 0 bridgehead atoms. The summed E-state index contributed by atoms with van der Waals surface area (Å²) in [6, 6.07) is 9.77. The first-order chi connectivity index (χ1) is 12.6. The largest absolute Gasteiger partial charge is 0.340 e. The van der Waals surface area contributed by atoms with Crippen molar-refractivity contribution in [3.05, 3.63) is 66.1 Å². The number of anilines is 2. The number of halogens is 1. The minimum atomic E-state index is 0.584. The Balaban J connectivity index is 1.57. The molecule has 0 radical (unpaired) electrons. The number of aryl methyl sites for hydroxylation is 2. The molecule has 26 heavy (non-hydrogen) atoms. The maximum Gasteiger partial charge on any atom is 0.147 e. The summed E-state index contributed by atoms with van der Waals surface area (Å²) < 4.78 is 3.48. The lowest BCUT2D eigenvalue weighted by molar-refractivity contribution is 0.768. The second-order valence-corrected chi connectivity index (χ2v) is 6.27. The van der Waals surface area contributed by atoms with Gasteiger partial charge in [-0.25, -0.2) is 14.6 Å². The van der Waals surface area contributed by atoms with Gasteiger partial charge in [0, 0.05) is 36.3 Å². The Hall–Kier alpha value is -3.19. The zero-order valence-corrected chi connectivity index (χ0v) is 15.0. The van der Waals surface area contributed by atoms with Crippen molar-refractivity contribution >= 4 is 23.1 Å². The summed E-state index contributed by atoms with van der Waals surface area (Å²) in [6.45, 7) is 1.86. The molecule has 0 saturated carbocycles. The van der Waals surface area contributed by atoms with Gasteiger partial charge in [-0.1, -0.05) is 11.6 Å². The molecule has 0 unspecified atom stereocenters. The summed E-state index contributed by atoms with van der Waals surface area (Å²) in [6.07, 6.45) is 7.03. The molecule has 4 rings (SSSR count). The fraction of sp³-hybridized carbons (Fsp3) is 0.111. The quantitative estimate of drug-likeness (QED) is 0.596. The van der Waals surface area contributed by atoms with E-state index < -0.39 is 0 Å². The highest BCUT2D eigenvalue weighted by molar-refractivity contribution is 6.33. The van der Waals surface area contributed by atoms with Gasteiger partial charge in [0.15, 0.2) is 0 Å². The van der Waals surface area contributed by atoms with Gasteiger partial charge in [-0.2, -0.15) is 10.2 Å². The highest BCUT2D eigenvalue weighted by atomic mass is 35.5. The number of aromatic nitrogens is 6. The lowest BCUT2D eigenvalue weighted by Gasteiger charge is -2.09. The van der Waals surface area contributed by atoms with Crippen molar-refractivity contribution in [3.8, 4) is 16.8 Å². The summed E-state index contributed by atoms with van der Waals surface area (Å²) in [7, 11) is 1.87. The lowest BCUT2D eigenvalue weighted by Crippen LogP contribution is -1.97. The van der Waals surface area contributed by atoms with Crippen LogP contribution >= 0.6 is 11.6 Å². The zero-order valence-electron chi connectivity index (χ0n) is 14.3. The van der Waals surface area contributed by atoms with Gasteiger partial charge in [0.2, 0.25) is 0 Å². The summed E-state index contributed by atoms with van der Waals surface area (Å²) in [5.41, 5.74) is 3.68. The van der Waals surface area contributed by atoms with Gasteiger partial charge in [-0.15, -0.1) is 0 Å². The number of nitrogens with one attached hydrogen (secondary N) is 1. The summed E-state index contributed by atoms with van der Waals surface area (Å²) in [5.74, 6) is 1.44. The monoisotopic (exact) mass is 365 g/mol. The topological polar surface area (TPSA) is 73.5 Å². The highest BCUT2D eigenvalue weighted by Crippen LogP contribution is 2.29. The van der Waals surface area contributed by atoms with Gasteiger partial charge in [0.1, 0.15) is 18.0 Å². The third-order valence-corrected chi connectivity index (χ3v) is 4.18. The molecule has 1 N–H and O–H groups in total. The molecule has 0 atom stereocenters. The van der Waals surface area contributed by atoms with E-state index in [-0.39, 0.29) is 0 Å². The molecule has 3 aromatic heterocycles. The molecule has 8 heteroatoms. The number of rotatable bonds is 4. The minimum Gasteiger partial charge on any atom is -0.340 e. The SMILES string of the molecule is Cc1ncn(-c2ccc(Nc3cc(-c4cnn(C)c4)c(Cl)cn3)cc2)n1. The van der Waals surface area contributed by atoms with Crippen LogP contribution in [0.25, 0.3) is 16.8 Å². The predicted octanol–water partition coefficient (Wildman–Crippen LogP) is 3.77.